The smallest absolute Gasteiger partial charge is 0.115 e. The summed E-state index contributed by atoms with van der Waals surface area (Å²) in [4.78, 5) is 0. The van der Waals surface area contributed by atoms with Gasteiger partial charge in [0.25, 0.3) is 0 Å². The Kier molecular flexibility index (Phi) is 4.97. The van der Waals surface area contributed by atoms with Crippen LogP contribution in [0.25, 0.3) is 0 Å². The van der Waals surface area contributed by atoms with Gasteiger partial charge in [-0.1, -0.05) is 58.4 Å². The SMILES string of the molecule is Oc1ccc(C(PI)(c2ccc(O)cc2)c2ccc(O)cc2)cc1. The van der Waals surface area contributed by atoms with Gasteiger partial charge in [-0.15, -0.1) is 0 Å². The van der Waals surface area contributed by atoms with Crippen molar-refractivity contribution < 1.29 is 15.3 Å². The summed E-state index contributed by atoms with van der Waals surface area (Å²) < 4.78 is 0. The second kappa shape index (κ2) is 6.99. The molecule has 24 heavy (non-hydrogen) atoms. The largest absolute Gasteiger partial charge is 0.508 e. The lowest BCUT2D eigenvalue weighted by atomic mass is 9.84. The molecule has 5 heteroatoms. The highest BCUT2D eigenvalue weighted by Crippen LogP contribution is 2.56. The van der Waals surface area contributed by atoms with Crippen LogP contribution in [0.5, 0.6) is 17.2 Å². The van der Waals surface area contributed by atoms with Crippen molar-refractivity contribution in [3.8, 4) is 17.2 Å². The molecule has 122 valence electrons. The highest BCUT2D eigenvalue weighted by molar-refractivity contribution is 14.2. The van der Waals surface area contributed by atoms with Gasteiger partial charge in [-0.2, -0.15) is 0 Å². The fraction of sp³-hybridized carbons (Fsp3) is 0.0526. The van der Waals surface area contributed by atoms with Crippen molar-refractivity contribution in [1.29, 1.82) is 0 Å². The van der Waals surface area contributed by atoms with Crippen molar-refractivity contribution in [3.63, 3.8) is 0 Å². The van der Waals surface area contributed by atoms with Crippen molar-refractivity contribution in [2.24, 2.45) is 0 Å². The number of halogens is 1. The number of phenolic OH excluding ortho intramolecular Hbond substituents is 3. The second-order valence-electron chi connectivity index (χ2n) is 5.49. The Morgan fingerprint density at radius 2 is 0.792 bits per heavy atom. The monoisotopic (exact) mass is 450 g/mol. The molecule has 3 aromatic carbocycles. The fourth-order valence-electron chi connectivity index (χ4n) is 2.80. The van der Waals surface area contributed by atoms with Crippen LogP contribution >= 0.6 is 28.3 Å². The summed E-state index contributed by atoms with van der Waals surface area (Å²) in [5.74, 6) is 0.669. The highest BCUT2D eigenvalue weighted by Gasteiger charge is 2.35. The van der Waals surface area contributed by atoms with E-state index in [4.69, 9.17) is 0 Å². The topological polar surface area (TPSA) is 60.7 Å². The first-order valence-electron chi connectivity index (χ1n) is 7.32. The number of aromatic hydroxyl groups is 3. The van der Waals surface area contributed by atoms with Gasteiger partial charge in [-0.05, 0) is 59.3 Å². The zero-order chi connectivity index (χ0) is 17.2. The van der Waals surface area contributed by atoms with E-state index in [1.165, 1.54) is 0 Å². The molecule has 1 unspecified atom stereocenters. The van der Waals surface area contributed by atoms with Crippen molar-refractivity contribution in [2.75, 3.05) is 0 Å². The van der Waals surface area contributed by atoms with Crippen molar-refractivity contribution in [3.05, 3.63) is 89.5 Å². The van der Waals surface area contributed by atoms with E-state index in [1.54, 1.807) is 36.4 Å². The van der Waals surface area contributed by atoms with Gasteiger partial charge >= 0.3 is 0 Å². The molecule has 0 aromatic heterocycles. The maximum atomic E-state index is 9.64. The first-order valence-corrected chi connectivity index (χ1v) is 11.4. The van der Waals surface area contributed by atoms with Gasteiger partial charge in [0, 0.05) is 0 Å². The van der Waals surface area contributed by atoms with Crippen LogP contribution in [0, 0.1) is 0 Å². The lowest BCUT2D eigenvalue weighted by Crippen LogP contribution is -2.22. The van der Waals surface area contributed by atoms with Gasteiger partial charge in [0.2, 0.25) is 0 Å². The molecule has 3 nitrogen and oxygen atoms in total. The summed E-state index contributed by atoms with van der Waals surface area (Å²) in [5, 5.41) is 28.5. The number of hydrogen-bond acceptors (Lipinski definition) is 3. The minimum Gasteiger partial charge on any atom is -0.508 e. The third-order valence-electron chi connectivity index (χ3n) is 4.04. The zero-order valence-electron chi connectivity index (χ0n) is 12.6. The zero-order valence-corrected chi connectivity index (χ0v) is 15.8. The molecule has 3 N–H and O–H groups in total. The molecule has 0 spiro atoms. The van der Waals surface area contributed by atoms with E-state index in [2.05, 4.69) is 22.0 Å². The highest BCUT2D eigenvalue weighted by atomic mass is 127. The number of phenols is 3. The third kappa shape index (κ3) is 3.08. The van der Waals surface area contributed by atoms with Crippen molar-refractivity contribution in [2.45, 2.75) is 5.16 Å². The van der Waals surface area contributed by atoms with Crippen LogP contribution in [-0.4, -0.2) is 15.3 Å². The van der Waals surface area contributed by atoms with E-state index >= 15 is 0 Å². The Labute approximate surface area is 155 Å². The second-order valence-corrected chi connectivity index (χ2v) is 8.04. The van der Waals surface area contributed by atoms with Gasteiger partial charge < -0.3 is 15.3 Å². The van der Waals surface area contributed by atoms with Crippen LogP contribution in [-0.2, 0) is 5.16 Å². The molecule has 0 fully saturated rings. The van der Waals surface area contributed by atoms with Crippen LogP contribution in [0.4, 0.5) is 0 Å². The minimum atomic E-state index is -0.421. The van der Waals surface area contributed by atoms with Gasteiger partial charge in [-0.25, -0.2) is 0 Å². The van der Waals surface area contributed by atoms with Crippen LogP contribution in [0.3, 0.4) is 0 Å². The molecule has 0 saturated carbocycles. The van der Waals surface area contributed by atoms with Gasteiger partial charge in [-0.3, -0.25) is 0 Å². The Hall–Kier alpha value is -1.78. The summed E-state index contributed by atoms with van der Waals surface area (Å²) in [6, 6.07) is 21.6. The van der Waals surface area contributed by atoms with E-state index < -0.39 is 5.16 Å². The van der Waals surface area contributed by atoms with Crippen LogP contribution in [0.15, 0.2) is 72.8 Å². The van der Waals surface area contributed by atoms with E-state index in [0.29, 0.717) is 6.22 Å². The summed E-state index contributed by atoms with van der Waals surface area (Å²) in [6.45, 7) is 0. The van der Waals surface area contributed by atoms with Gasteiger partial charge in [0.05, 0.1) is 5.16 Å². The predicted octanol–water partition coefficient (Wildman–Crippen LogP) is 5.12. The summed E-state index contributed by atoms with van der Waals surface area (Å²) >= 11 is 2.38. The van der Waals surface area contributed by atoms with E-state index in [9.17, 15) is 15.3 Å². The first kappa shape index (κ1) is 17.1. The molecule has 0 radical (unpaired) electrons. The maximum Gasteiger partial charge on any atom is 0.115 e. The molecule has 0 bridgehead atoms. The Bertz CT molecular complexity index is 704. The van der Waals surface area contributed by atoms with E-state index in [-0.39, 0.29) is 17.2 Å². The Balaban J connectivity index is 2.27. The van der Waals surface area contributed by atoms with Crippen LogP contribution in [0.2, 0.25) is 0 Å². The van der Waals surface area contributed by atoms with E-state index in [0.717, 1.165) is 16.7 Å². The quantitative estimate of drug-likeness (QED) is 0.294. The molecule has 0 heterocycles. The Morgan fingerprint density at radius 1 is 0.542 bits per heavy atom. The number of hydrogen-bond donors (Lipinski definition) is 3. The third-order valence-corrected chi connectivity index (χ3v) is 7.62. The summed E-state index contributed by atoms with van der Waals surface area (Å²) in [5.41, 5.74) is 3.14. The normalized spacial score (nSPS) is 11.9. The predicted molar refractivity (Wildman–Crippen MR) is 107 cm³/mol. The molecule has 3 rings (SSSR count). The molecule has 0 aliphatic rings. The lowest BCUT2D eigenvalue weighted by Gasteiger charge is -2.34. The molecule has 0 amide bonds. The van der Waals surface area contributed by atoms with Gasteiger partial charge in [0.15, 0.2) is 0 Å². The van der Waals surface area contributed by atoms with Crippen LogP contribution in [0.1, 0.15) is 16.7 Å². The molecular weight excluding hydrogens is 434 g/mol. The van der Waals surface area contributed by atoms with Crippen molar-refractivity contribution >= 4 is 28.3 Å². The standard InChI is InChI=1S/C19H16IO3P/c20-24-19(13-1-7-16(21)8-2-13,14-3-9-17(22)10-4-14)15-5-11-18(23)12-6-15/h1-12,21-24H. The average Bonchev–Trinajstić information content (AvgIpc) is 2.60. The van der Waals surface area contributed by atoms with Crippen LogP contribution < -0.4 is 0 Å². The Morgan fingerprint density at radius 3 is 1.00 bits per heavy atom. The number of rotatable bonds is 4. The minimum absolute atomic E-state index is 0.223. The van der Waals surface area contributed by atoms with Crippen molar-refractivity contribution in [1.82, 2.24) is 0 Å². The molecule has 3 aromatic rings. The molecule has 0 saturated heterocycles. The average molecular weight is 450 g/mol. The first-order chi connectivity index (χ1) is 11.6. The molecule has 1 atom stereocenters. The maximum absolute atomic E-state index is 9.64. The molecular formula is C19H16IO3P. The fourth-order valence-corrected chi connectivity index (χ4v) is 6.43. The van der Waals surface area contributed by atoms with Gasteiger partial charge in [0.1, 0.15) is 17.2 Å². The number of benzene rings is 3. The summed E-state index contributed by atoms with van der Waals surface area (Å²) in [6.07, 6.45) is 0.467. The van der Waals surface area contributed by atoms with E-state index in [1.807, 2.05) is 36.4 Å². The summed E-state index contributed by atoms with van der Waals surface area (Å²) in [7, 11) is 0. The lowest BCUT2D eigenvalue weighted by molar-refractivity contribution is 0.475. The molecule has 0 aliphatic heterocycles. The molecule has 0 aliphatic carbocycles.